The summed E-state index contributed by atoms with van der Waals surface area (Å²) >= 11 is 0. The van der Waals surface area contributed by atoms with Crippen LogP contribution in [0.1, 0.15) is 119 Å². The number of likely N-dealkylation sites (N-methyl/N-ethyl adjacent to an activating group) is 1. The molecule has 5 saturated carbocycles. The lowest BCUT2D eigenvalue weighted by atomic mass is 9.36. The Morgan fingerprint density at radius 3 is 2.20 bits per heavy atom. The molecule has 41 heavy (non-hydrogen) atoms. The van der Waals surface area contributed by atoms with Crippen LogP contribution in [-0.4, -0.2) is 71.7 Å². The fourth-order valence-corrected chi connectivity index (χ4v) is 12.9. The third kappa shape index (κ3) is 4.76. The second-order valence-corrected chi connectivity index (χ2v) is 17.6. The number of amides is 1. The lowest BCUT2D eigenvalue weighted by Crippen LogP contribution is -2.64. The number of hydrogen-bond donors (Lipinski definition) is 2. The molecular weight excluding hydrogens is 506 g/mol. The first kappa shape index (κ1) is 30.4. The SMILES string of the molecule is CCN1CCN(CC(C)(C)NC(=O)C23CCCC2C2CCC4C(C)(CCC5C(C)(C)C(O)CCC54C)C2CC3)CC1. The quantitative estimate of drug-likeness (QED) is 0.405. The molecule has 5 heteroatoms. The molecule has 9 unspecified atom stereocenters. The van der Waals surface area contributed by atoms with Crippen molar-refractivity contribution >= 4 is 5.91 Å². The molecule has 234 valence electrons. The normalized spacial score (nSPS) is 46.6. The molecule has 6 fully saturated rings. The van der Waals surface area contributed by atoms with E-state index in [1.807, 2.05) is 0 Å². The maximum Gasteiger partial charge on any atom is 0.226 e. The second-order valence-electron chi connectivity index (χ2n) is 17.6. The monoisotopic (exact) mass is 569 g/mol. The average Bonchev–Trinajstić information content (AvgIpc) is 3.37. The fourth-order valence-electron chi connectivity index (χ4n) is 12.9. The summed E-state index contributed by atoms with van der Waals surface area (Å²) in [6.45, 7) is 23.4. The molecule has 2 N–H and O–H groups in total. The van der Waals surface area contributed by atoms with Crippen LogP contribution < -0.4 is 5.32 Å². The number of aliphatic hydroxyl groups is 1. The third-order valence-electron chi connectivity index (χ3n) is 14.9. The Morgan fingerprint density at radius 1 is 0.805 bits per heavy atom. The predicted octanol–water partition coefficient (Wildman–Crippen LogP) is 6.34. The number of hydrogen-bond acceptors (Lipinski definition) is 4. The van der Waals surface area contributed by atoms with E-state index in [0.29, 0.717) is 34.5 Å². The topological polar surface area (TPSA) is 55.8 Å². The number of carbonyl (C=O) groups excluding carboxylic acids is 1. The smallest absolute Gasteiger partial charge is 0.226 e. The molecule has 0 aromatic heterocycles. The number of nitrogens with one attached hydrogen (secondary N) is 1. The van der Waals surface area contributed by atoms with E-state index in [2.05, 4.69) is 63.6 Å². The van der Waals surface area contributed by atoms with E-state index in [1.165, 1.54) is 51.4 Å². The van der Waals surface area contributed by atoms with E-state index in [0.717, 1.165) is 70.4 Å². The van der Waals surface area contributed by atoms with Gasteiger partial charge in [-0.05, 0) is 130 Å². The van der Waals surface area contributed by atoms with Crippen molar-refractivity contribution in [2.75, 3.05) is 39.3 Å². The number of fused-ring (bicyclic) bond motifs is 7. The summed E-state index contributed by atoms with van der Waals surface area (Å²) in [7, 11) is 0. The van der Waals surface area contributed by atoms with Crippen LogP contribution in [0.5, 0.6) is 0 Å². The fraction of sp³-hybridized carbons (Fsp3) is 0.972. The molecule has 0 aromatic carbocycles. The molecule has 1 amide bonds. The first-order valence-electron chi connectivity index (χ1n) is 17.7. The van der Waals surface area contributed by atoms with Crippen molar-refractivity contribution in [2.24, 2.45) is 51.2 Å². The van der Waals surface area contributed by atoms with Gasteiger partial charge in [0.1, 0.15) is 0 Å². The van der Waals surface area contributed by atoms with E-state index in [4.69, 9.17) is 0 Å². The third-order valence-corrected chi connectivity index (χ3v) is 14.9. The van der Waals surface area contributed by atoms with E-state index in [9.17, 15) is 9.90 Å². The van der Waals surface area contributed by atoms with Gasteiger partial charge in [-0.25, -0.2) is 0 Å². The van der Waals surface area contributed by atoms with Crippen LogP contribution in [0.4, 0.5) is 0 Å². The van der Waals surface area contributed by atoms with Crippen molar-refractivity contribution in [3.63, 3.8) is 0 Å². The van der Waals surface area contributed by atoms with Crippen molar-refractivity contribution in [1.29, 1.82) is 0 Å². The number of nitrogens with zero attached hydrogens (tertiary/aromatic N) is 2. The largest absolute Gasteiger partial charge is 0.393 e. The molecule has 5 aliphatic carbocycles. The van der Waals surface area contributed by atoms with Gasteiger partial charge >= 0.3 is 0 Å². The number of rotatable bonds is 5. The van der Waals surface area contributed by atoms with Gasteiger partial charge in [-0.1, -0.05) is 41.0 Å². The van der Waals surface area contributed by atoms with Crippen molar-refractivity contribution in [3.05, 3.63) is 0 Å². The molecule has 0 aromatic rings. The minimum Gasteiger partial charge on any atom is -0.393 e. The van der Waals surface area contributed by atoms with Gasteiger partial charge in [0, 0.05) is 38.3 Å². The van der Waals surface area contributed by atoms with Crippen LogP contribution in [0.2, 0.25) is 0 Å². The molecule has 6 aliphatic rings. The Balaban J connectivity index is 1.17. The van der Waals surface area contributed by atoms with Crippen LogP contribution in [-0.2, 0) is 4.79 Å². The Kier molecular flexibility index (Phi) is 7.76. The lowest BCUT2D eigenvalue weighted by molar-refractivity contribution is -0.214. The molecule has 9 atom stereocenters. The minimum absolute atomic E-state index is 0.0207. The first-order valence-corrected chi connectivity index (χ1v) is 17.7. The molecule has 0 radical (unpaired) electrons. The van der Waals surface area contributed by atoms with Gasteiger partial charge in [0.2, 0.25) is 5.91 Å². The molecule has 1 saturated heterocycles. The summed E-state index contributed by atoms with van der Waals surface area (Å²) < 4.78 is 0. The Bertz CT molecular complexity index is 987. The summed E-state index contributed by atoms with van der Waals surface area (Å²) in [4.78, 5) is 19.5. The minimum atomic E-state index is -0.195. The van der Waals surface area contributed by atoms with Crippen molar-refractivity contribution in [1.82, 2.24) is 15.1 Å². The van der Waals surface area contributed by atoms with Gasteiger partial charge in [0.05, 0.1) is 11.5 Å². The summed E-state index contributed by atoms with van der Waals surface area (Å²) in [6, 6.07) is 0. The standard InChI is InChI=1S/C36H63N3O2/c1-8-38-20-22-39(23-21-38)24-32(2,3)37-31(41)36-16-9-10-27(36)25-11-12-29-34(6,26(25)13-19-36)17-14-28-33(4,5)30(40)15-18-35(28,29)7/h25-30,40H,8-24H2,1-7H3,(H,37,41). The van der Waals surface area contributed by atoms with Crippen LogP contribution >= 0.6 is 0 Å². The molecule has 1 heterocycles. The van der Waals surface area contributed by atoms with Gasteiger partial charge in [-0.15, -0.1) is 0 Å². The lowest BCUT2D eigenvalue weighted by Gasteiger charge is -2.69. The zero-order valence-corrected chi connectivity index (χ0v) is 27.7. The Hall–Kier alpha value is -0.650. The van der Waals surface area contributed by atoms with Gasteiger partial charge in [-0.3, -0.25) is 9.69 Å². The van der Waals surface area contributed by atoms with Gasteiger partial charge in [0.25, 0.3) is 0 Å². The van der Waals surface area contributed by atoms with Crippen molar-refractivity contribution in [3.8, 4) is 0 Å². The highest BCUT2D eigenvalue weighted by Gasteiger charge is 2.67. The van der Waals surface area contributed by atoms with E-state index >= 15 is 0 Å². The zero-order chi connectivity index (χ0) is 29.4. The van der Waals surface area contributed by atoms with Gasteiger partial charge < -0.3 is 15.3 Å². The van der Waals surface area contributed by atoms with Crippen LogP contribution in [0.15, 0.2) is 0 Å². The molecule has 0 bridgehead atoms. The van der Waals surface area contributed by atoms with E-state index in [-0.39, 0.29) is 22.5 Å². The Morgan fingerprint density at radius 2 is 1.49 bits per heavy atom. The van der Waals surface area contributed by atoms with Crippen molar-refractivity contribution in [2.45, 2.75) is 131 Å². The number of carbonyl (C=O) groups is 1. The molecule has 0 spiro atoms. The number of aliphatic hydroxyl groups excluding tert-OH is 1. The predicted molar refractivity (Wildman–Crippen MR) is 167 cm³/mol. The second kappa shape index (κ2) is 10.5. The Labute approximate surface area is 252 Å². The molecule has 6 rings (SSSR count). The van der Waals surface area contributed by atoms with Crippen molar-refractivity contribution < 1.29 is 9.90 Å². The van der Waals surface area contributed by atoms with Crippen LogP contribution in [0.25, 0.3) is 0 Å². The summed E-state index contributed by atoms with van der Waals surface area (Å²) in [5, 5.41) is 14.6. The van der Waals surface area contributed by atoms with E-state index in [1.54, 1.807) is 0 Å². The molecular formula is C36H63N3O2. The van der Waals surface area contributed by atoms with Gasteiger partial charge in [-0.2, -0.15) is 0 Å². The maximum atomic E-state index is 14.4. The number of piperazine rings is 1. The van der Waals surface area contributed by atoms with Crippen LogP contribution in [0, 0.1) is 51.2 Å². The average molecular weight is 570 g/mol. The summed E-state index contributed by atoms with van der Waals surface area (Å²) in [5.41, 5.74) is 0.416. The maximum absolute atomic E-state index is 14.4. The molecule has 1 aliphatic heterocycles. The van der Waals surface area contributed by atoms with E-state index < -0.39 is 0 Å². The highest BCUT2D eigenvalue weighted by atomic mass is 16.3. The zero-order valence-electron chi connectivity index (χ0n) is 27.7. The highest BCUT2D eigenvalue weighted by molar-refractivity contribution is 5.84. The summed E-state index contributed by atoms with van der Waals surface area (Å²) in [5.74, 6) is 3.82. The van der Waals surface area contributed by atoms with Gasteiger partial charge in [0.15, 0.2) is 0 Å². The highest BCUT2D eigenvalue weighted by Crippen LogP contribution is 2.73. The summed E-state index contributed by atoms with van der Waals surface area (Å²) in [6.07, 6.45) is 13.2. The first-order chi connectivity index (χ1) is 19.3. The molecule has 5 nitrogen and oxygen atoms in total. The van der Waals surface area contributed by atoms with Crippen LogP contribution in [0.3, 0.4) is 0 Å².